The zero-order valence-corrected chi connectivity index (χ0v) is 14.4. The Kier molecular flexibility index (Phi) is 4.48. The molecule has 0 saturated heterocycles. The lowest BCUT2D eigenvalue weighted by atomic mass is 10.1. The molecule has 0 spiro atoms. The summed E-state index contributed by atoms with van der Waals surface area (Å²) in [5.41, 5.74) is 3.46. The second-order valence-corrected chi connectivity index (χ2v) is 6.39. The van der Waals surface area contributed by atoms with E-state index in [9.17, 15) is 9.59 Å². The smallest absolute Gasteiger partial charge is 0.251 e. The number of hydrogen-bond acceptors (Lipinski definition) is 2. The Morgan fingerprint density at radius 2 is 2.09 bits per heavy atom. The number of rotatable bonds is 4. The number of carbonyl (C=O) groups is 2. The maximum atomic E-state index is 12.3. The number of hydrogen-bond donors (Lipinski definition) is 1. The van der Waals surface area contributed by atoms with Crippen LogP contribution in [0.3, 0.4) is 0 Å². The van der Waals surface area contributed by atoms with Crippen LogP contribution >= 0.6 is 15.9 Å². The van der Waals surface area contributed by atoms with Gasteiger partial charge < -0.3 is 10.2 Å². The van der Waals surface area contributed by atoms with E-state index in [1.54, 1.807) is 11.0 Å². The minimum absolute atomic E-state index is 0.0918. The molecule has 0 saturated carbocycles. The van der Waals surface area contributed by atoms with Gasteiger partial charge in [-0.05, 0) is 48.4 Å². The van der Waals surface area contributed by atoms with Crippen LogP contribution in [-0.2, 0) is 17.8 Å². The van der Waals surface area contributed by atoms with E-state index in [4.69, 9.17) is 0 Å². The molecule has 0 atom stereocenters. The third kappa shape index (κ3) is 3.29. The Balaban J connectivity index is 1.72. The highest BCUT2D eigenvalue weighted by Gasteiger charge is 2.26. The summed E-state index contributed by atoms with van der Waals surface area (Å²) in [4.78, 5) is 26.0. The van der Waals surface area contributed by atoms with Gasteiger partial charge in [-0.3, -0.25) is 9.59 Å². The third-order valence-electron chi connectivity index (χ3n) is 3.93. The van der Waals surface area contributed by atoms with Gasteiger partial charge in [-0.15, -0.1) is 0 Å². The molecule has 5 heteroatoms. The zero-order valence-electron chi connectivity index (χ0n) is 12.8. The first-order chi connectivity index (χ1) is 11.1. The number of nitrogens with zero attached hydrogens (tertiary/aromatic N) is 1. The Morgan fingerprint density at radius 3 is 2.83 bits per heavy atom. The molecule has 23 heavy (non-hydrogen) atoms. The molecule has 2 aromatic carbocycles. The minimum Gasteiger partial charge on any atom is -0.348 e. The normalized spacial score (nSPS) is 13.1. The fourth-order valence-corrected chi connectivity index (χ4v) is 3.25. The molecule has 1 N–H and O–H groups in total. The standard InChI is InChI=1S/C18H17BrN2O2/c1-2-21-16-7-6-13(9-14(16)10-17(21)22)18(23)20-11-12-4-3-5-15(19)8-12/h3-9H,2,10-11H2,1H3,(H,20,23). The van der Waals surface area contributed by atoms with E-state index >= 15 is 0 Å². The Labute approximate surface area is 143 Å². The van der Waals surface area contributed by atoms with Gasteiger partial charge in [0.05, 0.1) is 6.42 Å². The Morgan fingerprint density at radius 1 is 1.26 bits per heavy atom. The quantitative estimate of drug-likeness (QED) is 0.894. The molecule has 4 nitrogen and oxygen atoms in total. The van der Waals surface area contributed by atoms with Crippen LogP contribution in [0.25, 0.3) is 0 Å². The molecule has 1 aliphatic rings. The average Bonchev–Trinajstić information content (AvgIpc) is 2.86. The number of halogens is 1. The molecule has 1 aliphatic heterocycles. The summed E-state index contributed by atoms with van der Waals surface area (Å²) < 4.78 is 0.986. The highest BCUT2D eigenvalue weighted by molar-refractivity contribution is 9.10. The topological polar surface area (TPSA) is 49.4 Å². The second kappa shape index (κ2) is 6.54. The van der Waals surface area contributed by atoms with Crippen molar-refractivity contribution in [2.45, 2.75) is 19.9 Å². The predicted octanol–water partition coefficient (Wildman–Crippen LogP) is 3.29. The number of benzene rings is 2. The average molecular weight is 373 g/mol. The number of nitrogens with one attached hydrogen (secondary N) is 1. The Bertz CT molecular complexity index is 773. The molecule has 1 heterocycles. The van der Waals surface area contributed by atoms with Gasteiger partial charge in [0.2, 0.25) is 5.91 Å². The van der Waals surface area contributed by atoms with Crippen LogP contribution in [0.15, 0.2) is 46.9 Å². The molecular weight excluding hydrogens is 356 g/mol. The number of amides is 2. The van der Waals surface area contributed by atoms with Crippen molar-refractivity contribution >= 4 is 33.4 Å². The van der Waals surface area contributed by atoms with E-state index in [0.717, 1.165) is 21.3 Å². The summed E-state index contributed by atoms with van der Waals surface area (Å²) in [6, 6.07) is 13.3. The van der Waals surface area contributed by atoms with E-state index in [1.165, 1.54) is 0 Å². The molecule has 0 aromatic heterocycles. The number of likely N-dealkylation sites (N-methyl/N-ethyl adjacent to an activating group) is 1. The van der Waals surface area contributed by atoms with Gasteiger partial charge >= 0.3 is 0 Å². The summed E-state index contributed by atoms with van der Waals surface area (Å²) in [7, 11) is 0. The molecular formula is C18H17BrN2O2. The van der Waals surface area contributed by atoms with Gasteiger partial charge in [-0.25, -0.2) is 0 Å². The molecule has 0 aliphatic carbocycles. The van der Waals surface area contributed by atoms with Crippen LogP contribution in [0, 0.1) is 0 Å². The van der Waals surface area contributed by atoms with Crippen LogP contribution in [0.5, 0.6) is 0 Å². The van der Waals surface area contributed by atoms with Crippen LogP contribution in [0.1, 0.15) is 28.4 Å². The lowest BCUT2D eigenvalue weighted by Crippen LogP contribution is -2.25. The van der Waals surface area contributed by atoms with Crippen molar-refractivity contribution in [2.75, 3.05) is 11.4 Å². The first-order valence-corrected chi connectivity index (χ1v) is 8.33. The first-order valence-electron chi connectivity index (χ1n) is 7.54. The summed E-state index contributed by atoms with van der Waals surface area (Å²) in [5.74, 6) is -0.0376. The van der Waals surface area contributed by atoms with Crippen molar-refractivity contribution in [3.05, 3.63) is 63.6 Å². The second-order valence-electron chi connectivity index (χ2n) is 5.47. The van der Waals surface area contributed by atoms with E-state index in [1.807, 2.05) is 43.3 Å². The lowest BCUT2D eigenvalue weighted by molar-refractivity contribution is -0.117. The minimum atomic E-state index is -0.129. The monoisotopic (exact) mass is 372 g/mol. The number of carbonyl (C=O) groups excluding carboxylic acids is 2. The van der Waals surface area contributed by atoms with Crippen molar-refractivity contribution in [3.8, 4) is 0 Å². The number of anilines is 1. The summed E-state index contributed by atoms with van der Waals surface area (Å²) in [6.45, 7) is 3.07. The van der Waals surface area contributed by atoms with Crippen molar-refractivity contribution in [3.63, 3.8) is 0 Å². The SMILES string of the molecule is CCN1C(=O)Cc2cc(C(=O)NCc3cccc(Br)c3)ccc21. The van der Waals surface area contributed by atoms with E-state index in [2.05, 4.69) is 21.2 Å². The molecule has 0 bridgehead atoms. The highest BCUT2D eigenvalue weighted by atomic mass is 79.9. The fourth-order valence-electron chi connectivity index (χ4n) is 2.80. The van der Waals surface area contributed by atoms with Gasteiger partial charge in [-0.1, -0.05) is 28.1 Å². The maximum Gasteiger partial charge on any atom is 0.251 e. The van der Waals surface area contributed by atoms with Gasteiger partial charge in [0, 0.05) is 28.8 Å². The van der Waals surface area contributed by atoms with Crippen molar-refractivity contribution < 1.29 is 9.59 Å². The molecule has 0 fully saturated rings. The summed E-state index contributed by atoms with van der Waals surface area (Å²) >= 11 is 3.42. The Hall–Kier alpha value is -2.14. The van der Waals surface area contributed by atoms with E-state index in [-0.39, 0.29) is 11.8 Å². The lowest BCUT2D eigenvalue weighted by Gasteiger charge is -2.14. The molecule has 2 amide bonds. The van der Waals surface area contributed by atoms with Crippen LogP contribution < -0.4 is 10.2 Å². The number of fused-ring (bicyclic) bond motifs is 1. The summed E-state index contributed by atoms with van der Waals surface area (Å²) in [5, 5.41) is 2.91. The van der Waals surface area contributed by atoms with Gasteiger partial charge in [0.25, 0.3) is 5.91 Å². The van der Waals surface area contributed by atoms with Crippen LogP contribution in [-0.4, -0.2) is 18.4 Å². The van der Waals surface area contributed by atoms with Crippen LogP contribution in [0.4, 0.5) is 5.69 Å². The van der Waals surface area contributed by atoms with Gasteiger partial charge in [0.1, 0.15) is 0 Å². The largest absolute Gasteiger partial charge is 0.348 e. The van der Waals surface area contributed by atoms with Crippen molar-refractivity contribution in [1.82, 2.24) is 5.32 Å². The first kappa shape index (κ1) is 15.7. The van der Waals surface area contributed by atoms with Crippen molar-refractivity contribution in [2.24, 2.45) is 0 Å². The highest BCUT2D eigenvalue weighted by Crippen LogP contribution is 2.29. The van der Waals surface area contributed by atoms with Gasteiger partial charge in [-0.2, -0.15) is 0 Å². The van der Waals surface area contributed by atoms with E-state index < -0.39 is 0 Å². The predicted molar refractivity (Wildman–Crippen MR) is 93.5 cm³/mol. The molecule has 3 rings (SSSR count). The molecule has 0 unspecified atom stereocenters. The molecule has 118 valence electrons. The zero-order chi connectivity index (χ0) is 16.4. The van der Waals surface area contributed by atoms with Crippen LogP contribution in [0.2, 0.25) is 0 Å². The molecule has 2 aromatic rings. The molecule has 0 radical (unpaired) electrons. The fraction of sp³-hybridized carbons (Fsp3) is 0.222. The van der Waals surface area contributed by atoms with Crippen molar-refractivity contribution in [1.29, 1.82) is 0 Å². The third-order valence-corrected chi connectivity index (χ3v) is 4.43. The van der Waals surface area contributed by atoms with Gasteiger partial charge in [0.15, 0.2) is 0 Å². The summed E-state index contributed by atoms with van der Waals surface area (Å²) in [6.07, 6.45) is 0.371. The maximum absolute atomic E-state index is 12.3. The van der Waals surface area contributed by atoms with E-state index in [0.29, 0.717) is 25.1 Å².